The van der Waals surface area contributed by atoms with E-state index in [0.717, 1.165) is 4.47 Å². The van der Waals surface area contributed by atoms with Crippen molar-refractivity contribution in [2.45, 2.75) is 0 Å². The number of hydrogen-bond donors (Lipinski definition) is 1. The minimum absolute atomic E-state index is 0.0760. The van der Waals surface area contributed by atoms with E-state index in [2.05, 4.69) is 21.2 Å². The predicted octanol–water partition coefficient (Wildman–Crippen LogP) is 4.19. The zero-order valence-corrected chi connectivity index (χ0v) is 11.7. The van der Waals surface area contributed by atoms with Crippen molar-refractivity contribution in [3.63, 3.8) is 0 Å². The average Bonchev–Trinajstić information content (AvgIpc) is 2.40. The lowest BCUT2D eigenvalue weighted by Crippen LogP contribution is -1.99. The summed E-state index contributed by atoms with van der Waals surface area (Å²) in [6, 6.07) is 12.0. The van der Waals surface area contributed by atoms with Gasteiger partial charge in [-0.1, -0.05) is 22.0 Å². The van der Waals surface area contributed by atoms with Crippen molar-refractivity contribution in [3.05, 3.63) is 57.1 Å². The molecule has 2 rings (SSSR count). The molecule has 0 heterocycles. The second-order valence-electron chi connectivity index (χ2n) is 3.72. The molecule has 0 aliphatic rings. The van der Waals surface area contributed by atoms with Crippen LogP contribution in [-0.4, -0.2) is 12.0 Å². The summed E-state index contributed by atoms with van der Waals surface area (Å²) in [5.41, 5.74) is 0.340. The largest absolute Gasteiger partial charge is 0.450 e. The molecule has 0 amide bonds. The Hall–Kier alpha value is -2.08. The van der Waals surface area contributed by atoms with Crippen LogP contribution in [0, 0.1) is 10.1 Å². The van der Waals surface area contributed by atoms with Gasteiger partial charge in [-0.25, -0.2) is 0 Å². The third-order valence-corrected chi connectivity index (χ3v) is 3.02. The van der Waals surface area contributed by atoms with E-state index in [9.17, 15) is 10.1 Å². The predicted molar refractivity (Wildman–Crippen MR) is 76.9 cm³/mol. The van der Waals surface area contributed by atoms with Gasteiger partial charge in [-0.3, -0.25) is 10.1 Å². The van der Waals surface area contributed by atoms with Gasteiger partial charge < -0.3 is 10.1 Å². The highest BCUT2D eigenvalue weighted by Gasteiger charge is 2.20. The molecule has 0 radical (unpaired) electrons. The number of hydrogen-bond acceptors (Lipinski definition) is 4. The molecule has 6 heteroatoms. The third-order valence-electron chi connectivity index (χ3n) is 2.49. The Morgan fingerprint density at radius 3 is 2.47 bits per heavy atom. The number of nitrogens with zero attached hydrogens (tertiary/aromatic N) is 1. The van der Waals surface area contributed by atoms with Crippen LogP contribution in [0.15, 0.2) is 46.9 Å². The molecule has 5 nitrogen and oxygen atoms in total. The molecule has 0 spiro atoms. The van der Waals surface area contributed by atoms with Gasteiger partial charge >= 0.3 is 5.69 Å². The maximum Gasteiger partial charge on any atom is 0.334 e. The molecule has 98 valence electrons. The maximum absolute atomic E-state index is 11.1. The lowest BCUT2D eigenvalue weighted by molar-refractivity contribution is -0.384. The minimum atomic E-state index is -0.458. The Kier molecular flexibility index (Phi) is 4.01. The molecule has 2 aromatic carbocycles. The van der Waals surface area contributed by atoms with Gasteiger partial charge in [0.25, 0.3) is 0 Å². The highest BCUT2D eigenvalue weighted by Crippen LogP contribution is 2.37. The van der Waals surface area contributed by atoms with Gasteiger partial charge in [0.15, 0.2) is 0 Å². The van der Waals surface area contributed by atoms with Crippen LogP contribution in [0.4, 0.5) is 11.4 Å². The summed E-state index contributed by atoms with van der Waals surface area (Å²) < 4.78 is 6.48. The lowest BCUT2D eigenvalue weighted by atomic mass is 10.2. The Labute approximate surface area is 118 Å². The minimum Gasteiger partial charge on any atom is -0.450 e. The van der Waals surface area contributed by atoms with Crippen LogP contribution in [0.1, 0.15) is 0 Å². The summed E-state index contributed by atoms with van der Waals surface area (Å²) in [5, 5.41) is 13.9. The van der Waals surface area contributed by atoms with E-state index in [1.165, 1.54) is 0 Å². The van der Waals surface area contributed by atoms with Crippen LogP contribution in [0.5, 0.6) is 11.5 Å². The van der Waals surface area contributed by atoms with Crippen molar-refractivity contribution in [1.29, 1.82) is 0 Å². The molecule has 0 aliphatic carbocycles. The molecule has 0 aromatic heterocycles. The monoisotopic (exact) mass is 322 g/mol. The average molecular weight is 323 g/mol. The van der Waals surface area contributed by atoms with E-state index < -0.39 is 4.92 Å². The van der Waals surface area contributed by atoms with E-state index >= 15 is 0 Å². The molecule has 0 bridgehead atoms. The first kappa shape index (κ1) is 13.4. The molecule has 2 aromatic rings. The summed E-state index contributed by atoms with van der Waals surface area (Å²) in [6.07, 6.45) is 0. The lowest BCUT2D eigenvalue weighted by Gasteiger charge is -2.09. The van der Waals surface area contributed by atoms with Gasteiger partial charge in [0.2, 0.25) is 5.75 Å². The summed E-state index contributed by atoms with van der Waals surface area (Å²) in [4.78, 5) is 10.7. The fourth-order valence-corrected chi connectivity index (χ4v) is 1.89. The zero-order valence-electron chi connectivity index (χ0n) is 10.1. The molecule has 0 atom stereocenters. The first-order valence-electron chi connectivity index (χ1n) is 5.50. The number of benzene rings is 2. The van der Waals surface area contributed by atoms with Crippen molar-refractivity contribution in [2.75, 3.05) is 12.4 Å². The Bertz CT molecular complexity index is 599. The number of anilines is 1. The number of nitrogens with one attached hydrogen (secondary N) is 1. The summed E-state index contributed by atoms with van der Waals surface area (Å²) >= 11 is 3.32. The van der Waals surface area contributed by atoms with Crippen molar-refractivity contribution in [1.82, 2.24) is 0 Å². The van der Waals surface area contributed by atoms with E-state index in [-0.39, 0.29) is 11.4 Å². The molecular formula is C13H11BrN2O3. The number of nitro benzene ring substituents is 1. The first-order valence-corrected chi connectivity index (χ1v) is 6.29. The smallest absolute Gasteiger partial charge is 0.334 e. The number of rotatable bonds is 4. The van der Waals surface area contributed by atoms with Crippen LogP contribution in [0.2, 0.25) is 0 Å². The van der Waals surface area contributed by atoms with Crippen LogP contribution in [0.3, 0.4) is 0 Å². The van der Waals surface area contributed by atoms with Gasteiger partial charge in [-0.2, -0.15) is 0 Å². The summed E-state index contributed by atoms with van der Waals surface area (Å²) in [6.45, 7) is 0. The van der Waals surface area contributed by atoms with Gasteiger partial charge in [-0.15, -0.1) is 0 Å². The molecule has 0 fully saturated rings. The van der Waals surface area contributed by atoms with E-state index in [1.54, 1.807) is 37.4 Å². The van der Waals surface area contributed by atoms with Crippen LogP contribution in [0.25, 0.3) is 0 Å². The fraction of sp³-hybridized carbons (Fsp3) is 0.0769. The second kappa shape index (κ2) is 5.71. The van der Waals surface area contributed by atoms with Crippen molar-refractivity contribution in [3.8, 4) is 11.5 Å². The van der Waals surface area contributed by atoms with Gasteiger partial charge in [-0.05, 0) is 36.4 Å². The molecule has 0 aliphatic heterocycles. The number of para-hydroxylation sites is 1. The molecule has 0 saturated heterocycles. The summed E-state index contributed by atoms with van der Waals surface area (Å²) in [5.74, 6) is 0.749. The SMILES string of the molecule is CNc1cccc(Oc2ccc(Br)cc2)c1[N+](=O)[O-]. The van der Waals surface area contributed by atoms with Gasteiger partial charge in [0.1, 0.15) is 11.4 Å². The highest BCUT2D eigenvalue weighted by atomic mass is 79.9. The number of nitro groups is 1. The van der Waals surface area contributed by atoms with Crippen LogP contribution < -0.4 is 10.1 Å². The Morgan fingerprint density at radius 1 is 1.21 bits per heavy atom. The maximum atomic E-state index is 11.1. The van der Waals surface area contributed by atoms with Crippen LogP contribution >= 0.6 is 15.9 Å². The second-order valence-corrected chi connectivity index (χ2v) is 4.63. The van der Waals surface area contributed by atoms with Crippen molar-refractivity contribution in [2.24, 2.45) is 0 Å². The molecule has 1 N–H and O–H groups in total. The van der Waals surface area contributed by atoms with Gasteiger partial charge in [0, 0.05) is 11.5 Å². The normalized spacial score (nSPS) is 10.0. The topological polar surface area (TPSA) is 64.4 Å². The van der Waals surface area contributed by atoms with Crippen molar-refractivity contribution < 1.29 is 9.66 Å². The fourth-order valence-electron chi connectivity index (χ4n) is 1.62. The Morgan fingerprint density at radius 2 is 1.89 bits per heavy atom. The molecule has 0 saturated carbocycles. The Balaban J connectivity index is 2.39. The first-order chi connectivity index (χ1) is 9.11. The molecule has 19 heavy (non-hydrogen) atoms. The van der Waals surface area contributed by atoms with Crippen molar-refractivity contribution >= 4 is 27.3 Å². The molecule has 0 unspecified atom stereocenters. The quantitative estimate of drug-likeness (QED) is 0.677. The number of halogens is 1. The van der Waals surface area contributed by atoms with Crippen LogP contribution in [-0.2, 0) is 0 Å². The summed E-state index contributed by atoms with van der Waals surface area (Å²) in [7, 11) is 1.63. The van der Waals surface area contributed by atoms with E-state index in [0.29, 0.717) is 11.4 Å². The standard InChI is InChI=1S/C13H11BrN2O3/c1-15-11-3-2-4-12(13(11)16(17)18)19-10-7-5-9(14)6-8-10/h2-8,15H,1H3. The number of ether oxygens (including phenoxy) is 1. The zero-order chi connectivity index (χ0) is 13.8. The third kappa shape index (κ3) is 3.03. The van der Waals surface area contributed by atoms with E-state index in [1.807, 2.05) is 12.1 Å². The van der Waals surface area contributed by atoms with Gasteiger partial charge in [0.05, 0.1) is 4.92 Å². The molecular weight excluding hydrogens is 312 g/mol. The van der Waals surface area contributed by atoms with E-state index in [4.69, 9.17) is 4.74 Å². The highest BCUT2D eigenvalue weighted by molar-refractivity contribution is 9.10.